The molecule has 1 heterocycles. The molecule has 0 spiro atoms. The molecule has 1 aliphatic rings. The quantitative estimate of drug-likeness (QED) is 0.553. The maximum atomic E-state index is 12.3. The Morgan fingerprint density at radius 1 is 1.38 bits per heavy atom. The molecule has 24 heavy (non-hydrogen) atoms. The molecule has 2 N–H and O–H groups in total. The van der Waals surface area contributed by atoms with Gasteiger partial charge in [0.2, 0.25) is 5.91 Å². The predicted molar refractivity (Wildman–Crippen MR) is 88.3 cm³/mol. The number of carbonyl (C=O) groups is 3. The molecule has 4 amide bonds. The molecule has 1 fully saturated rings. The smallest absolute Gasteiger partial charge is 0.325 e. The van der Waals surface area contributed by atoms with Crippen LogP contribution < -0.4 is 15.4 Å². The summed E-state index contributed by atoms with van der Waals surface area (Å²) in [6.07, 6.45) is 2.02. The van der Waals surface area contributed by atoms with Crippen LogP contribution in [-0.2, 0) is 16.1 Å². The van der Waals surface area contributed by atoms with E-state index in [1.807, 2.05) is 0 Å². The lowest BCUT2D eigenvalue weighted by Gasteiger charge is -2.13. The second-order valence-corrected chi connectivity index (χ2v) is 5.41. The molecule has 1 atom stereocenters. The molecule has 0 bridgehead atoms. The van der Waals surface area contributed by atoms with Crippen molar-refractivity contribution in [2.45, 2.75) is 25.4 Å². The minimum atomic E-state index is -0.662. The molecule has 0 radical (unpaired) electrons. The Hall–Kier alpha value is -2.83. The van der Waals surface area contributed by atoms with Gasteiger partial charge < -0.3 is 15.4 Å². The zero-order chi connectivity index (χ0) is 17.5. The van der Waals surface area contributed by atoms with Gasteiger partial charge in [0.1, 0.15) is 11.8 Å². The number of urea groups is 1. The monoisotopic (exact) mass is 331 g/mol. The van der Waals surface area contributed by atoms with Crippen molar-refractivity contribution in [3.8, 4) is 5.75 Å². The number of rotatable bonds is 8. The van der Waals surface area contributed by atoms with Gasteiger partial charge in [0, 0.05) is 13.0 Å². The summed E-state index contributed by atoms with van der Waals surface area (Å²) in [5, 5.41) is 5.26. The molecule has 0 unspecified atom stereocenters. The van der Waals surface area contributed by atoms with Crippen LogP contribution in [0.3, 0.4) is 0 Å². The largest absolute Gasteiger partial charge is 0.497 e. The Morgan fingerprint density at radius 2 is 2.08 bits per heavy atom. The summed E-state index contributed by atoms with van der Waals surface area (Å²) in [5.41, 5.74) is 0.823. The van der Waals surface area contributed by atoms with Crippen LogP contribution in [0.15, 0.2) is 36.9 Å². The van der Waals surface area contributed by atoms with Crippen LogP contribution in [0.4, 0.5) is 4.79 Å². The fourth-order valence-corrected chi connectivity index (χ4v) is 2.39. The third-order valence-electron chi connectivity index (χ3n) is 3.71. The second-order valence-electron chi connectivity index (χ2n) is 5.41. The maximum absolute atomic E-state index is 12.3. The summed E-state index contributed by atoms with van der Waals surface area (Å²) in [6, 6.07) is 6.05. The molecule has 0 aliphatic carbocycles. The highest BCUT2D eigenvalue weighted by Crippen LogP contribution is 2.17. The van der Waals surface area contributed by atoms with Crippen LogP contribution >= 0.6 is 0 Å². The van der Waals surface area contributed by atoms with E-state index in [4.69, 9.17) is 4.74 Å². The van der Waals surface area contributed by atoms with Crippen LogP contribution in [0.1, 0.15) is 18.4 Å². The molecule has 1 aliphatic heterocycles. The van der Waals surface area contributed by atoms with Gasteiger partial charge in [0.05, 0.1) is 13.7 Å². The highest BCUT2D eigenvalue weighted by molar-refractivity contribution is 6.04. The Morgan fingerprint density at radius 3 is 2.71 bits per heavy atom. The minimum absolute atomic E-state index is 0.168. The molecule has 0 saturated carbocycles. The van der Waals surface area contributed by atoms with Crippen molar-refractivity contribution in [3.63, 3.8) is 0 Å². The average molecular weight is 331 g/mol. The van der Waals surface area contributed by atoms with Gasteiger partial charge in [0.25, 0.3) is 5.91 Å². The third-order valence-corrected chi connectivity index (χ3v) is 3.71. The van der Waals surface area contributed by atoms with E-state index in [0.717, 1.165) is 10.5 Å². The van der Waals surface area contributed by atoms with E-state index in [1.165, 1.54) is 0 Å². The number of nitrogens with one attached hydrogen (secondary N) is 2. The number of methoxy groups -OCH3 is 1. The van der Waals surface area contributed by atoms with E-state index in [9.17, 15) is 14.4 Å². The second kappa shape index (κ2) is 8.14. The number of imide groups is 1. The minimum Gasteiger partial charge on any atom is -0.497 e. The van der Waals surface area contributed by atoms with Gasteiger partial charge in [0.15, 0.2) is 0 Å². The van der Waals surface area contributed by atoms with E-state index in [1.54, 1.807) is 37.5 Å². The van der Waals surface area contributed by atoms with Crippen LogP contribution in [0, 0.1) is 0 Å². The van der Waals surface area contributed by atoms with Crippen molar-refractivity contribution >= 4 is 17.8 Å². The lowest BCUT2D eigenvalue weighted by molar-refractivity contribution is -0.128. The molecule has 7 nitrogen and oxygen atoms in total. The van der Waals surface area contributed by atoms with Crippen molar-refractivity contribution in [2.75, 3.05) is 13.7 Å². The van der Waals surface area contributed by atoms with Gasteiger partial charge in [-0.2, -0.15) is 0 Å². The van der Waals surface area contributed by atoms with Gasteiger partial charge in [-0.15, -0.1) is 6.58 Å². The summed E-state index contributed by atoms with van der Waals surface area (Å²) >= 11 is 0. The third kappa shape index (κ3) is 4.34. The van der Waals surface area contributed by atoms with Crippen molar-refractivity contribution in [3.05, 3.63) is 42.5 Å². The summed E-state index contributed by atoms with van der Waals surface area (Å²) in [7, 11) is 1.57. The van der Waals surface area contributed by atoms with Crippen LogP contribution in [0.2, 0.25) is 0 Å². The van der Waals surface area contributed by atoms with E-state index in [2.05, 4.69) is 17.2 Å². The maximum Gasteiger partial charge on any atom is 0.325 e. The summed E-state index contributed by atoms with van der Waals surface area (Å²) in [4.78, 5) is 37.1. The normalized spacial score (nSPS) is 16.7. The van der Waals surface area contributed by atoms with E-state index < -0.39 is 12.1 Å². The van der Waals surface area contributed by atoms with Gasteiger partial charge in [-0.05, 0) is 24.1 Å². The number of carbonyl (C=O) groups excluding carboxylic acids is 3. The number of hydrogen-bond acceptors (Lipinski definition) is 4. The SMILES string of the molecule is C=CCNC(=O)CC[C@@H]1NC(=O)N(Cc2ccc(OC)cc2)C1=O. The van der Waals surface area contributed by atoms with Crippen LogP contribution in [-0.4, -0.2) is 42.4 Å². The first-order valence-corrected chi connectivity index (χ1v) is 7.67. The van der Waals surface area contributed by atoms with Crippen molar-refractivity contribution in [2.24, 2.45) is 0 Å². The summed E-state index contributed by atoms with van der Waals surface area (Å²) < 4.78 is 5.08. The summed E-state index contributed by atoms with van der Waals surface area (Å²) in [5.74, 6) is 0.220. The Labute approximate surface area is 140 Å². The molecule has 2 rings (SSSR count). The number of benzene rings is 1. The van der Waals surface area contributed by atoms with Crippen LogP contribution in [0.5, 0.6) is 5.75 Å². The molecule has 1 aromatic carbocycles. The van der Waals surface area contributed by atoms with E-state index in [-0.39, 0.29) is 31.2 Å². The summed E-state index contributed by atoms with van der Waals surface area (Å²) in [6.45, 7) is 4.08. The first kappa shape index (κ1) is 17.5. The molecule has 128 valence electrons. The van der Waals surface area contributed by atoms with E-state index >= 15 is 0 Å². The first-order chi connectivity index (χ1) is 11.5. The van der Waals surface area contributed by atoms with Crippen LogP contribution in [0.25, 0.3) is 0 Å². The zero-order valence-corrected chi connectivity index (χ0v) is 13.6. The number of hydrogen-bond donors (Lipinski definition) is 2. The standard InChI is InChI=1S/C17H21N3O4/c1-3-10-18-15(21)9-8-14-16(22)20(17(23)19-14)11-12-4-6-13(24-2)7-5-12/h3-7,14H,1,8-11H2,2H3,(H,18,21)(H,19,23)/t14-/m0/s1. The van der Waals surface area contributed by atoms with Gasteiger partial charge in [-0.25, -0.2) is 4.79 Å². The Balaban J connectivity index is 1.90. The highest BCUT2D eigenvalue weighted by Gasteiger charge is 2.37. The lowest BCUT2D eigenvalue weighted by Crippen LogP contribution is -2.32. The first-order valence-electron chi connectivity index (χ1n) is 7.67. The molecule has 1 saturated heterocycles. The predicted octanol–water partition coefficient (Wildman–Crippen LogP) is 1.20. The van der Waals surface area contributed by atoms with Gasteiger partial charge in [-0.3, -0.25) is 14.5 Å². The Bertz CT molecular complexity index is 627. The fourth-order valence-electron chi connectivity index (χ4n) is 2.39. The molecule has 7 heteroatoms. The van der Waals surface area contributed by atoms with Crippen molar-refractivity contribution in [1.82, 2.24) is 15.5 Å². The highest BCUT2D eigenvalue weighted by atomic mass is 16.5. The fraction of sp³-hybridized carbons (Fsp3) is 0.353. The number of ether oxygens (including phenoxy) is 1. The van der Waals surface area contributed by atoms with Gasteiger partial charge >= 0.3 is 6.03 Å². The van der Waals surface area contributed by atoms with E-state index in [0.29, 0.717) is 12.3 Å². The Kier molecular flexibility index (Phi) is 5.95. The zero-order valence-electron chi connectivity index (χ0n) is 13.6. The average Bonchev–Trinajstić information content (AvgIpc) is 2.86. The molecule has 1 aromatic rings. The molecular weight excluding hydrogens is 310 g/mol. The lowest BCUT2D eigenvalue weighted by atomic mass is 10.1. The molecule has 0 aromatic heterocycles. The molecular formula is C17H21N3O4. The van der Waals surface area contributed by atoms with Crippen molar-refractivity contribution in [1.29, 1.82) is 0 Å². The number of nitrogens with zero attached hydrogens (tertiary/aromatic N) is 1. The number of amides is 4. The van der Waals surface area contributed by atoms with Gasteiger partial charge in [-0.1, -0.05) is 18.2 Å². The van der Waals surface area contributed by atoms with Crippen molar-refractivity contribution < 1.29 is 19.1 Å². The topological polar surface area (TPSA) is 87.7 Å².